The molecule has 26 heavy (non-hydrogen) atoms. The summed E-state index contributed by atoms with van der Waals surface area (Å²) in [5, 5.41) is 10.8. The van der Waals surface area contributed by atoms with Crippen LogP contribution in [0.25, 0.3) is 33.4 Å². The van der Waals surface area contributed by atoms with E-state index in [1.54, 1.807) is 0 Å². The molecule has 5 rings (SSSR count). The number of nitrogens with zero attached hydrogens (tertiary/aromatic N) is 3. The highest BCUT2D eigenvalue weighted by Gasteiger charge is 2.26. The second-order valence-corrected chi connectivity index (χ2v) is 7.79. The van der Waals surface area contributed by atoms with Crippen LogP contribution >= 0.6 is 0 Å². The van der Waals surface area contributed by atoms with Crippen LogP contribution < -0.4 is 0 Å². The van der Waals surface area contributed by atoms with E-state index in [0.717, 1.165) is 28.7 Å². The minimum atomic E-state index is 0.486. The summed E-state index contributed by atoms with van der Waals surface area (Å²) in [4.78, 5) is 8.34. The van der Waals surface area contributed by atoms with Gasteiger partial charge >= 0.3 is 0 Å². The van der Waals surface area contributed by atoms with Crippen LogP contribution in [0, 0.1) is 12.8 Å². The lowest BCUT2D eigenvalue weighted by molar-refractivity contribution is 0.466. The fourth-order valence-corrected chi connectivity index (χ4v) is 3.70. The van der Waals surface area contributed by atoms with Crippen LogP contribution in [0.3, 0.4) is 0 Å². The molecule has 1 saturated carbocycles. The Labute approximate surface area is 151 Å². The maximum atomic E-state index is 5.90. The van der Waals surface area contributed by atoms with Crippen molar-refractivity contribution in [3.8, 4) is 11.5 Å². The molecule has 0 spiro atoms. The highest BCUT2D eigenvalue weighted by Crippen LogP contribution is 2.44. The number of H-pyrrole nitrogens is 1. The summed E-state index contributed by atoms with van der Waals surface area (Å²) in [6.07, 6.45) is 3.36. The minimum absolute atomic E-state index is 0.486. The average Bonchev–Trinajstić information content (AvgIpc) is 3.24. The molecule has 5 nitrogen and oxygen atoms in total. The van der Waals surface area contributed by atoms with Crippen molar-refractivity contribution in [3.05, 3.63) is 41.4 Å². The van der Waals surface area contributed by atoms with Crippen molar-refractivity contribution >= 4 is 21.9 Å². The summed E-state index contributed by atoms with van der Waals surface area (Å²) >= 11 is 0. The molecule has 0 atom stereocenters. The third-order valence-electron chi connectivity index (χ3n) is 5.14. The van der Waals surface area contributed by atoms with Gasteiger partial charge in [0, 0.05) is 17.2 Å². The van der Waals surface area contributed by atoms with Crippen molar-refractivity contribution < 1.29 is 4.42 Å². The molecular weight excluding hydrogens is 324 g/mol. The molecular formula is C21H22N4O. The third kappa shape index (κ3) is 2.50. The third-order valence-corrected chi connectivity index (χ3v) is 5.14. The van der Waals surface area contributed by atoms with Gasteiger partial charge in [-0.3, -0.25) is 0 Å². The Hall–Kier alpha value is -2.69. The molecule has 4 aromatic rings. The van der Waals surface area contributed by atoms with Crippen LogP contribution in [-0.4, -0.2) is 20.2 Å². The smallest absolute Gasteiger partial charge is 0.249 e. The second kappa shape index (κ2) is 5.66. The largest absolute Gasteiger partial charge is 0.421 e. The molecule has 1 aromatic carbocycles. The summed E-state index contributed by atoms with van der Waals surface area (Å²) < 4.78 is 5.90. The first kappa shape index (κ1) is 15.6. The molecule has 3 heterocycles. The SMILES string of the molecule is Cc1nc2[nH]c3c(C4CC4)cccc3c2cc1-c1nnc(CC(C)C)o1. The lowest BCUT2D eigenvalue weighted by Gasteiger charge is -2.02. The molecule has 132 valence electrons. The topological polar surface area (TPSA) is 67.6 Å². The van der Waals surface area contributed by atoms with Crippen LogP contribution in [-0.2, 0) is 6.42 Å². The van der Waals surface area contributed by atoms with Crippen LogP contribution in [0.1, 0.15) is 49.8 Å². The predicted octanol–water partition coefficient (Wildman–Crippen LogP) is 5.15. The van der Waals surface area contributed by atoms with Gasteiger partial charge in [0.25, 0.3) is 0 Å². The van der Waals surface area contributed by atoms with Crippen LogP contribution in [0.15, 0.2) is 28.7 Å². The molecule has 1 N–H and O–H groups in total. The number of hydrogen-bond donors (Lipinski definition) is 1. The minimum Gasteiger partial charge on any atom is -0.421 e. The predicted molar refractivity (Wildman–Crippen MR) is 102 cm³/mol. The van der Waals surface area contributed by atoms with E-state index in [1.165, 1.54) is 29.3 Å². The fraction of sp³-hybridized carbons (Fsp3) is 0.381. The van der Waals surface area contributed by atoms with Crippen molar-refractivity contribution in [2.24, 2.45) is 5.92 Å². The van der Waals surface area contributed by atoms with E-state index in [-0.39, 0.29) is 0 Å². The number of hydrogen-bond acceptors (Lipinski definition) is 4. The Bertz CT molecular complexity index is 1120. The van der Waals surface area contributed by atoms with E-state index in [4.69, 9.17) is 9.40 Å². The summed E-state index contributed by atoms with van der Waals surface area (Å²) in [7, 11) is 0. The second-order valence-electron chi connectivity index (χ2n) is 7.79. The molecule has 0 saturated heterocycles. The first-order valence-corrected chi connectivity index (χ1v) is 9.35. The summed E-state index contributed by atoms with van der Waals surface area (Å²) in [6, 6.07) is 8.69. The molecule has 3 aromatic heterocycles. The van der Waals surface area contributed by atoms with E-state index in [1.807, 2.05) is 6.92 Å². The number of para-hydroxylation sites is 1. The van der Waals surface area contributed by atoms with Crippen molar-refractivity contribution in [2.75, 3.05) is 0 Å². The van der Waals surface area contributed by atoms with Gasteiger partial charge in [-0.15, -0.1) is 10.2 Å². The van der Waals surface area contributed by atoms with Gasteiger partial charge in [-0.1, -0.05) is 32.0 Å². The number of fused-ring (bicyclic) bond motifs is 3. The van der Waals surface area contributed by atoms with Crippen molar-refractivity contribution in [3.63, 3.8) is 0 Å². The van der Waals surface area contributed by atoms with Gasteiger partial charge in [-0.25, -0.2) is 4.98 Å². The maximum absolute atomic E-state index is 5.90. The first-order valence-electron chi connectivity index (χ1n) is 9.35. The van der Waals surface area contributed by atoms with Crippen molar-refractivity contribution in [1.82, 2.24) is 20.2 Å². The highest BCUT2D eigenvalue weighted by atomic mass is 16.4. The monoisotopic (exact) mass is 346 g/mol. The van der Waals surface area contributed by atoms with Gasteiger partial charge in [-0.05, 0) is 43.2 Å². The van der Waals surface area contributed by atoms with Crippen LogP contribution in [0.4, 0.5) is 0 Å². The van der Waals surface area contributed by atoms with E-state index in [0.29, 0.717) is 23.6 Å². The van der Waals surface area contributed by atoms with Gasteiger partial charge in [-0.2, -0.15) is 0 Å². The highest BCUT2D eigenvalue weighted by molar-refractivity contribution is 6.08. The van der Waals surface area contributed by atoms with Crippen molar-refractivity contribution in [1.29, 1.82) is 0 Å². The Kier molecular flexibility index (Phi) is 3.39. The number of nitrogens with one attached hydrogen (secondary N) is 1. The fourth-order valence-electron chi connectivity index (χ4n) is 3.70. The normalized spacial score (nSPS) is 14.8. The summed E-state index contributed by atoms with van der Waals surface area (Å²) in [5.41, 5.74) is 5.38. The van der Waals surface area contributed by atoms with E-state index >= 15 is 0 Å². The number of benzene rings is 1. The number of rotatable bonds is 4. The Morgan fingerprint density at radius 2 is 2.04 bits per heavy atom. The van der Waals surface area contributed by atoms with Crippen molar-refractivity contribution in [2.45, 2.75) is 46.0 Å². The van der Waals surface area contributed by atoms with E-state index in [9.17, 15) is 0 Å². The molecule has 1 aliphatic rings. The van der Waals surface area contributed by atoms with Gasteiger partial charge in [0.05, 0.1) is 16.8 Å². The Morgan fingerprint density at radius 3 is 2.81 bits per heavy atom. The molecule has 5 heteroatoms. The van der Waals surface area contributed by atoms with Crippen LogP contribution in [0.2, 0.25) is 0 Å². The maximum Gasteiger partial charge on any atom is 0.249 e. The Morgan fingerprint density at radius 1 is 1.19 bits per heavy atom. The molecule has 1 aliphatic carbocycles. The summed E-state index contributed by atoms with van der Waals surface area (Å²) in [5.74, 6) is 2.42. The van der Waals surface area contributed by atoms with Crippen LogP contribution in [0.5, 0.6) is 0 Å². The van der Waals surface area contributed by atoms with E-state index < -0.39 is 0 Å². The Balaban J connectivity index is 1.67. The average molecular weight is 346 g/mol. The lowest BCUT2D eigenvalue weighted by Crippen LogP contribution is -1.93. The van der Waals surface area contributed by atoms with Gasteiger partial charge in [0.1, 0.15) is 5.65 Å². The number of aryl methyl sites for hydroxylation is 1. The standard InChI is InChI=1S/C21H22N4O/c1-11(2)9-18-24-25-21(26-18)16-10-17-15-6-4-5-14(13-7-8-13)19(15)23-20(17)22-12(16)3/h4-6,10-11,13H,7-9H2,1-3H3,(H,22,23). The summed E-state index contributed by atoms with van der Waals surface area (Å²) in [6.45, 7) is 6.28. The molecule has 0 unspecified atom stereocenters. The number of aromatic nitrogens is 4. The number of pyridine rings is 1. The zero-order chi connectivity index (χ0) is 17.8. The first-order chi connectivity index (χ1) is 12.6. The van der Waals surface area contributed by atoms with E-state index in [2.05, 4.69) is 53.3 Å². The van der Waals surface area contributed by atoms with Gasteiger partial charge in [0.15, 0.2) is 0 Å². The molecule has 0 amide bonds. The molecule has 0 bridgehead atoms. The molecule has 0 aliphatic heterocycles. The quantitative estimate of drug-likeness (QED) is 0.555. The zero-order valence-corrected chi connectivity index (χ0v) is 15.3. The molecule has 0 radical (unpaired) electrons. The van der Waals surface area contributed by atoms with Gasteiger partial charge in [0.2, 0.25) is 11.8 Å². The zero-order valence-electron chi connectivity index (χ0n) is 15.3. The van der Waals surface area contributed by atoms with Gasteiger partial charge < -0.3 is 9.40 Å². The number of aromatic amines is 1. The lowest BCUT2D eigenvalue weighted by atomic mass is 10.1. The molecule has 1 fully saturated rings.